The molecule has 1 aliphatic rings. The van der Waals surface area contributed by atoms with Gasteiger partial charge in [0.05, 0.1) is 13.2 Å². The van der Waals surface area contributed by atoms with Crippen LogP contribution in [0.2, 0.25) is 0 Å². The van der Waals surface area contributed by atoms with E-state index in [4.69, 9.17) is 9.15 Å². The number of nitrogens with zero attached hydrogens (tertiary/aromatic N) is 2. The van der Waals surface area contributed by atoms with Crippen molar-refractivity contribution in [3.63, 3.8) is 0 Å². The van der Waals surface area contributed by atoms with Crippen LogP contribution in [0.5, 0.6) is 0 Å². The van der Waals surface area contributed by atoms with Gasteiger partial charge < -0.3 is 19.8 Å². The van der Waals surface area contributed by atoms with Crippen molar-refractivity contribution in [1.29, 1.82) is 0 Å². The van der Waals surface area contributed by atoms with Crippen molar-refractivity contribution in [3.05, 3.63) is 5.89 Å². The molecule has 1 aromatic rings. The highest BCUT2D eigenvalue weighted by atomic mass is 32.2. The van der Waals surface area contributed by atoms with Gasteiger partial charge in [-0.2, -0.15) is 11.8 Å². The molecule has 0 radical (unpaired) electrons. The minimum atomic E-state index is 0.465. The van der Waals surface area contributed by atoms with Gasteiger partial charge in [0.1, 0.15) is 0 Å². The fourth-order valence-electron chi connectivity index (χ4n) is 2.21. The van der Waals surface area contributed by atoms with E-state index in [-0.39, 0.29) is 0 Å². The molecule has 0 saturated heterocycles. The molecule has 1 fully saturated rings. The van der Waals surface area contributed by atoms with Crippen molar-refractivity contribution in [2.24, 2.45) is 0 Å². The quantitative estimate of drug-likeness (QED) is 0.702. The molecular weight excluding hydrogens is 264 g/mol. The largest absolute Gasteiger partial charge is 0.407 e. The topological polar surface area (TPSA) is 72.2 Å². The van der Waals surface area contributed by atoms with Gasteiger partial charge in [-0.05, 0) is 25.5 Å². The molecule has 6 nitrogen and oxygen atoms in total. The Morgan fingerprint density at radius 2 is 2.32 bits per heavy atom. The third-order valence-electron chi connectivity index (χ3n) is 3.27. The Morgan fingerprint density at radius 1 is 1.42 bits per heavy atom. The van der Waals surface area contributed by atoms with Crippen molar-refractivity contribution in [1.82, 2.24) is 15.5 Å². The summed E-state index contributed by atoms with van der Waals surface area (Å²) >= 11 is 1.94. The van der Waals surface area contributed by atoms with Crippen LogP contribution in [0.25, 0.3) is 0 Å². The van der Waals surface area contributed by atoms with Gasteiger partial charge in [0.2, 0.25) is 5.89 Å². The molecule has 1 aromatic heterocycles. The van der Waals surface area contributed by atoms with Crippen molar-refractivity contribution in [3.8, 4) is 0 Å². The van der Waals surface area contributed by atoms with E-state index in [1.54, 1.807) is 7.11 Å². The zero-order chi connectivity index (χ0) is 13.5. The number of anilines is 1. The molecule has 1 heterocycles. The minimum absolute atomic E-state index is 0.465. The van der Waals surface area contributed by atoms with Crippen LogP contribution in [0.3, 0.4) is 0 Å². The lowest BCUT2D eigenvalue weighted by Gasteiger charge is -2.09. The summed E-state index contributed by atoms with van der Waals surface area (Å²) in [6.07, 6.45) is 5.78. The van der Waals surface area contributed by atoms with E-state index in [1.165, 1.54) is 19.3 Å². The average Bonchev–Trinajstić information content (AvgIpc) is 3.05. The van der Waals surface area contributed by atoms with Crippen molar-refractivity contribution in [2.45, 2.75) is 37.1 Å². The highest BCUT2D eigenvalue weighted by Gasteiger charge is 2.25. The maximum absolute atomic E-state index is 5.55. The highest BCUT2D eigenvalue weighted by Crippen LogP contribution is 2.29. The molecule has 7 heteroatoms. The van der Waals surface area contributed by atoms with E-state index in [0.29, 0.717) is 31.1 Å². The number of hydrogen-bond donors (Lipinski definition) is 2. The van der Waals surface area contributed by atoms with E-state index in [2.05, 4.69) is 27.1 Å². The molecular formula is C12H22N4O2S. The highest BCUT2D eigenvalue weighted by molar-refractivity contribution is 7.99. The summed E-state index contributed by atoms with van der Waals surface area (Å²) < 4.78 is 10.5. The van der Waals surface area contributed by atoms with Crippen LogP contribution in [-0.4, -0.2) is 48.0 Å². The molecule has 2 N–H and O–H groups in total. The lowest BCUT2D eigenvalue weighted by atomic mass is 10.3. The summed E-state index contributed by atoms with van der Waals surface area (Å²) in [7, 11) is 1.68. The van der Waals surface area contributed by atoms with Gasteiger partial charge in [0, 0.05) is 24.9 Å². The predicted octanol–water partition coefficient (Wildman–Crippen LogP) is 1.50. The molecule has 19 heavy (non-hydrogen) atoms. The number of thioether (sulfide) groups is 1. The normalized spacial score (nSPS) is 22.8. The lowest BCUT2D eigenvalue weighted by molar-refractivity contribution is 0.198. The molecule has 1 saturated carbocycles. The van der Waals surface area contributed by atoms with Gasteiger partial charge in [-0.25, -0.2) is 0 Å². The van der Waals surface area contributed by atoms with E-state index in [0.717, 1.165) is 11.8 Å². The Morgan fingerprint density at radius 3 is 3.05 bits per heavy atom. The number of aromatic nitrogens is 2. The molecule has 1 aliphatic carbocycles. The van der Waals surface area contributed by atoms with Crippen LogP contribution in [0.15, 0.2) is 4.42 Å². The maximum atomic E-state index is 5.55. The molecule has 2 rings (SSSR count). The van der Waals surface area contributed by atoms with E-state index >= 15 is 0 Å². The van der Waals surface area contributed by atoms with E-state index in [9.17, 15) is 0 Å². The number of nitrogens with one attached hydrogen (secondary N) is 2. The second kappa shape index (κ2) is 7.72. The second-order valence-corrected chi connectivity index (χ2v) is 5.82. The Bertz CT molecular complexity index is 374. The first-order valence-corrected chi connectivity index (χ1v) is 7.92. The first-order chi connectivity index (χ1) is 9.31. The van der Waals surface area contributed by atoms with Gasteiger partial charge >= 0.3 is 6.01 Å². The third-order valence-corrected chi connectivity index (χ3v) is 4.37. The van der Waals surface area contributed by atoms with Gasteiger partial charge in [-0.1, -0.05) is 5.10 Å². The predicted molar refractivity (Wildman–Crippen MR) is 76.4 cm³/mol. The van der Waals surface area contributed by atoms with Gasteiger partial charge in [0.15, 0.2) is 0 Å². The molecule has 0 spiro atoms. The molecule has 0 aliphatic heterocycles. The van der Waals surface area contributed by atoms with Crippen LogP contribution >= 0.6 is 11.8 Å². The summed E-state index contributed by atoms with van der Waals surface area (Å²) in [6, 6.07) is 1.00. The van der Waals surface area contributed by atoms with Gasteiger partial charge in [-0.15, -0.1) is 5.10 Å². The molecule has 108 valence electrons. The Labute approximate surface area is 118 Å². The Kier molecular flexibility index (Phi) is 5.93. The summed E-state index contributed by atoms with van der Waals surface area (Å²) in [5, 5.41) is 15.3. The third kappa shape index (κ3) is 4.67. The van der Waals surface area contributed by atoms with Gasteiger partial charge in [-0.3, -0.25) is 0 Å². The number of ether oxygens (including phenoxy) is 1. The first kappa shape index (κ1) is 14.6. The minimum Gasteiger partial charge on any atom is -0.407 e. The zero-order valence-corrected chi connectivity index (χ0v) is 12.3. The Hall–Kier alpha value is -0.790. The van der Waals surface area contributed by atoms with Crippen LogP contribution in [-0.2, 0) is 11.3 Å². The molecule has 0 aromatic carbocycles. The molecule has 2 unspecified atom stereocenters. The number of rotatable bonds is 8. The summed E-state index contributed by atoms with van der Waals surface area (Å²) in [5.74, 6) is 0.609. The van der Waals surface area contributed by atoms with Crippen molar-refractivity contribution >= 4 is 17.8 Å². The summed E-state index contributed by atoms with van der Waals surface area (Å²) in [5.41, 5.74) is 0. The van der Waals surface area contributed by atoms with E-state index in [1.807, 2.05) is 11.8 Å². The Balaban J connectivity index is 1.71. The van der Waals surface area contributed by atoms with Crippen LogP contribution in [0, 0.1) is 0 Å². The van der Waals surface area contributed by atoms with Crippen molar-refractivity contribution < 1.29 is 9.15 Å². The SMILES string of the molecule is COCCNCc1nnc(NC2CCC(SC)C2)o1. The van der Waals surface area contributed by atoms with Gasteiger partial charge in [0.25, 0.3) is 0 Å². The second-order valence-electron chi connectivity index (χ2n) is 4.68. The van der Waals surface area contributed by atoms with Crippen LogP contribution in [0.4, 0.5) is 6.01 Å². The zero-order valence-electron chi connectivity index (χ0n) is 11.5. The monoisotopic (exact) mass is 286 g/mol. The summed E-state index contributed by atoms with van der Waals surface area (Å²) in [4.78, 5) is 0. The summed E-state index contributed by atoms with van der Waals surface area (Å²) in [6.45, 7) is 2.03. The number of hydrogen-bond acceptors (Lipinski definition) is 7. The van der Waals surface area contributed by atoms with E-state index < -0.39 is 0 Å². The van der Waals surface area contributed by atoms with Crippen LogP contribution in [0.1, 0.15) is 25.2 Å². The fourth-order valence-corrected chi connectivity index (χ4v) is 3.01. The van der Waals surface area contributed by atoms with Crippen molar-refractivity contribution in [2.75, 3.05) is 31.8 Å². The molecule has 0 amide bonds. The fraction of sp³-hybridized carbons (Fsp3) is 0.833. The average molecular weight is 286 g/mol. The lowest BCUT2D eigenvalue weighted by Crippen LogP contribution is -2.18. The standard InChI is InChI=1S/C12H22N4O2S/c1-17-6-5-13-8-11-15-16-12(18-11)14-9-3-4-10(7-9)19-2/h9-10,13H,3-8H2,1-2H3,(H,14,16). The molecule has 0 bridgehead atoms. The maximum Gasteiger partial charge on any atom is 0.315 e. The van der Waals surface area contributed by atoms with Crippen LogP contribution < -0.4 is 10.6 Å². The first-order valence-electron chi connectivity index (χ1n) is 6.63. The number of methoxy groups -OCH3 is 1. The molecule has 2 atom stereocenters. The smallest absolute Gasteiger partial charge is 0.315 e.